The van der Waals surface area contributed by atoms with E-state index in [1.807, 2.05) is 37.3 Å². The van der Waals surface area contributed by atoms with Crippen molar-refractivity contribution in [2.24, 2.45) is 0 Å². The van der Waals surface area contributed by atoms with Gasteiger partial charge in [-0.1, -0.05) is 66.4 Å². The first kappa shape index (κ1) is 15.9. The van der Waals surface area contributed by atoms with E-state index in [2.05, 4.69) is 0 Å². The molecule has 0 aromatic heterocycles. The molecule has 0 saturated carbocycles. The van der Waals surface area contributed by atoms with E-state index in [4.69, 9.17) is 12.2 Å². The van der Waals surface area contributed by atoms with Gasteiger partial charge in [0.25, 0.3) is 5.91 Å². The SMILES string of the molecule is C[C@H](c1ccccc1)N1C(=O)/C(=C\c2ccc(F)cc2)SC1=S. The molecule has 3 rings (SSSR count). The zero-order valence-corrected chi connectivity index (χ0v) is 14.0. The zero-order chi connectivity index (χ0) is 16.4. The van der Waals surface area contributed by atoms with Gasteiger partial charge in [-0.15, -0.1) is 0 Å². The number of carbonyl (C=O) groups is 1. The number of thiocarbonyl (C=S) groups is 1. The number of nitrogens with zero attached hydrogens (tertiary/aromatic N) is 1. The Morgan fingerprint density at radius 1 is 1.13 bits per heavy atom. The molecular weight excluding hydrogens is 329 g/mol. The summed E-state index contributed by atoms with van der Waals surface area (Å²) in [4.78, 5) is 14.9. The summed E-state index contributed by atoms with van der Waals surface area (Å²) < 4.78 is 13.5. The summed E-state index contributed by atoms with van der Waals surface area (Å²) >= 11 is 6.65. The molecule has 1 heterocycles. The van der Waals surface area contributed by atoms with E-state index >= 15 is 0 Å². The molecule has 1 aliphatic rings. The molecule has 5 heteroatoms. The molecule has 116 valence electrons. The molecule has 1 atom stereocenters. The highest BCUT2D eigenvalue weighted by Crippen LogP contribution is 2.37. The molecule has 0 spiro atoms. The summed E-state index contributed by atoms with van der Waals surface area (Å²) in [5, 5.41) is 0. The Morgan fingerprint density at radius 3 is 2.43 bits per heavy atom. The molecule has 2 aromatic carbocycles. The van der Waals surface area contributed by atoms with Crippen LogP contribution in [-0.4, -0.2) is 15.1 Å². The fraction of sp³-hybridized carbons (Fsp3) is 0.111. The number of rotatable bonds is 3. The highest BCUT2D eigenvalue weighted by Gasteiger charge is 2.35. The average molecular weight is 343 g/mol. The van der Waals surface area contributed by atoms with Crippen molar-refractivity contribution in [3.63, 3.8) is 0 Å². The van der Waals surface area contributed by atoms with Crippen LogP contribution in [0.1, 0.15) is 24.1 Å². The van der Waals surface area contributed by atoms with E-state index in [0.29, 0.717) is 9.23 Å². The van der Waals surface area contributed by atoms with Gasteiger partial charge in [0.15, 0.2) is 0 Å². The maximum Gasteiger partial charge on any atom is 0.266 e. The minimum atomic E-state index is -0.299. The van der Waals surface area contributed by atoms with Gasteiger partial charge >= 0.3 is 0 Å². The van der Waals surface area contributed by atoms with E-state index < -0.39 is 0 Å². The van der Waals surface area contributed by atoms with Crippen molar-refractivity contribution < 1.29 is 9.18 Å². The number of halogens is 1. The molecule has 2 aromatic rings. The zero-order valence-electron chi connectivity index (χ0n) is 12.4. The molecule has 1 aliphatic heterocycles. The van der Waals surface area contributed by atoms with Gasteiger partial charge in [-0.25, -0.2) is 4.39 Å². The van der Waals surface area contributed by atoms with Gasteiger partial charge in [-0.3, -0.25) is 9.69 Å². The number of benzene rings is 2. The van der Waals surface area contributed by atoms with Gasteiger partial charge < -0.3 is 0 Å². The third-order valence-corrected chi connectivity index (χ3v) is 4.99. The quantitative estimate of drug-likeness (QED) is 0.590. The third-order valence-electron chi connectivity index (χ3n) is 3.66. The van der Waals surface area contributed by atoms with Crippen molar-refractivity contribution in [2.75, 3.05) is 0 Å². The Hall–Kier alpha value is -1.98. The molecular formula is C18H14FNOS2. The molecule has 0 radical (unpaired) electrons. The highest BCUT2D eigenvalue weighted by atomic mass is 32.2. The van der Waals surface area contributed by atoms with Crippen molar-refractivity contribution in [3.8, 4) is 0 Å². The molecule has 1 saturated heterocycles. The van der Waals surface area contributed by atoms with E-state index in [-0.39, 0.29) is 17.8 Å². The van der Waals surface area contributed by atoms with Crippen LogP contribution in [0.3, 0.4) is 0 Å². The lowest BCUT2D eigenvalue weighted by Crippen LogP contribution is -2.30. The topological polar surface area (TPSA) is 20.3 Å². The van der Waals surface area contributed by atoms with E-state index in [0.717, 1.165) is 11.1 Å². The standard InChI is InChI=1S/C18H14FNOS2/c1-12(14-5-3-2-4-6-14)20-17(21)16(23-18(20)22)11-13-7-9-15(19)10-8-13/h2-12H,1H3/b16-11+/t12-/m1/s1. The molecule has 2 nitrogen and oxygen atoms in total. The normalized spacial score (nSPS) is 17.8. The maximum atomic E-state index is 13.0. The van der Waals surface area contributed by atoms with Gasteiger partial charge in [-0.05, 0) is 36.3 Å². The van der Waals surface area contributed by atoms with Gasteiger partial charge in [0, 0.05) is 0 Å². The Labute approximate surface area is 144 Å². The minimum absolute atomic E-state index is 0.110. The van der Waals surface area contributed by atoms with Gasteiger partial charge in [0.1, 0.15) is 10.1 Å². The summed E-state index contributed by atoms with van der Waals surface area (Å²) in [6, 6.07) is 15.7. The summed E-state index contributed by atoms with van der Waals surface area (Å²) in [5.74, 6) is -0.409. The molecule has 0 bridgehead atoms. The van der Waals surface area contributed by atoms with E-state index in [1.165, 1.54) is 23.9 Å². The lowest BCUT2D eigenvalue weighted by Gasteiger charge is -2.23. The highest BCUT2D eigenvalue weighted by molar-refractivity contribution is 8.26. The second-order valence-electron chi connectivity index (χ2n) is 5.19. The Bertz CT molecular complexity index is 771. The molecule has 0 N–H and O–H groups in total. The smallest absolute Gasteiger partial charge is 0.266 e. The summed E-state index contributed by atoms with van der Waals surface area (Å²) in [7, 11) is 0. The Morgan fingerprint density at radius 2 is 1.78 bits per heavy atom. The number of carbonyl (C=O) groups excluding carboxylic acids is 1. The molecule has 0 aliphatic carbocycles. The number of amides is 1. The first-order chi connectivity index (χ1) is 11.1. The van der Waals surface area contributed by atoms with Crippen molar-refractivity contribution in [1.82, 2.24) is 4.90 Å². The first-order valence-corrected chi connectivity index (χ1v) is 8.36. The second-order valence-corrected chi connectivity index (χ2v) is 6.87. The van der Waals surface area contributed by atoms with Gasteiger partial charge in [0.05, 0.1) is 10.9 Å². The van der Waals surface area contributed by atoms with Gasteiger partial charge in [-0.2, -0.15) is 0 Å². The van der Waals surface area contributed by atoms with Crippen LogP contribution < -0.4 is 0 Å². The molecule has 23 heavy (non-hydrogen) atoms. The number of hydrogen-bond donors (Lipinski definition) is 0. The van der Waals surface area contributed by atoms with Gasteiger partial charge in [0.2, 0.25) is 0 Å². The molecule has 1 amide bonds. The predicted octanol–water partition coefficient (Wildman–Crippen LogP) is 4.79. The van der Waals surface area contributed by atoms with Crippen LogP contribution >= 0.6 is 24.0 Å². The number of hydrogen-bond acceptors (Lipinski definition) is 3. The van der Waals surface area contributed by atoms with Crippen LogP contribution in [0.4, 0.5) is 4.39 Å². The lowest BCUT2D eigenvalue weighted by molar-refractivity contribution is -0.123. The maximum absolute atomic E-state index is 13.0. The van der Waals surface area contributed by atoms with Crippen molar-refractivity contribution >= 4 is 40.3 Å². The Kier molecular flexibility index (Phi) is 4.59. The molecule has 0 unspecified atom stereocenters. The van der Waals surface area contributed by atoms with Crippen molar-refractivity contribution in [3.05, 3.63) is 76.4 Å². The fourth-order valence-electron chi connectivity index (χ4n) is 2.40. The predicted molar refractivity (Wildman–Crippen MR) is 96.3 cm³/mol. The van der Waals surface area contributed by atoms with Crippen molar-refractivity contribution in [1.29, 1.82) is 0 Å². The second kappa shape index (κ2) is 6.64. The summed E-state index contributed by atoms with van der Waals surface area (Å²) in [5.41, 5.74) is 1.81. The van der Waals surface area contributed by atoms with Crippen LogP contribution in [0, 0.1) is 5.82 Å². The minimum Gasteiger partial charge on any atom is -0.286 e. The summed E-state index contributed by atoms with van der Waals surface area (Å²) in [6.45, 7) is 1.96. The lowest BCUT2D eigenvalue weighted by atomic mass is 10.1. The van der Waals surface area contributed by atoms with E-state index in [9.17, 15) is 9.18 Å². The average Bonchev–Trinajstić information content (AvgIpc) is 2.84. The van der Waals surface area contributed by atoms with Crippen LogP contribution in [0.15, 0.2) is 59.5 Å². The monoisotopic (exact) mass is 343 g/mol. The van der Waals surface area contributed by atoms with E-state index in [1.54, 1.807) is 23.1 Å². The van der Waals surface area contributed by atoms with Crippen LogP contribution in [0.2, 0.25) is 0 Å². The summed E-state index contributed by atoms with van der Waals surface area (Å²) in [6.07, 6.45) is 1.75. The molecule has 1 fully saturated rings. The van der Waals surface area contributed by atoms with Crippen LogP contribution in [0.5, 0.6) is 0 Å². The Balaban J connectivity index is 1.86. The largest absolute Gasteiger partial charge is 0.286 e. The van der Waals surface area contributed by atoms with Crippen LogP contribution in [-0.2, 0) is 4.79 Å². The third kappa shape index (κ3) is 3.35. The number of thioether (sulfide) groups is 1. The fourth-order valence-corrected chi connectivity index (χ4v) is 3.82. The van der Waals surface area contributed by atoms with Crippen LogP contribution in [0.25, 0.3) is 6.08 Å². The van der Waals surface area contributed by atoms with Crippen molar-refractivity contribution in [2.45, 2.75) is 13.0 Å². The first-order valence-electron chi connectivity index (χ1n) is 7.14.